The third-order valence-electron chi connectivity index (χ3n) is 3.67. The fourth-order valence-electron chi connectivity index (χ4n) is 2.37. The summed E-state index contributed by atoms with van der Waals surface area (Å²) in [6.45, 7) is 0. The largest absolute Gasteiger partial charge is 0.310 e. The molecule has 1 aromatic heterocycles. The van der Waals surface area contributed by atoms with Crippen LogP contribution >= 0.6 is 27.7 Å². The number of aliphatic imine (C=N–C) groups is 1. The van der Waals surface area contributed by atoms with Gasteiger partial charge in [0.15, 0.2) is 5.17 Å². The maximum absolute atomic E-state index is 12.2. The second-order valence-corrected chi connectivity index (χ2v) is 7.56. The summed E-state index contributed by atoms with van der Waals surface area (Å²) in [5.41, 5.74) is 0.888. The molecule has 1 aliphatic heterocycles. The molecule has 138 valence electrons. The van der Waals surface area contributed by atoms with Crippen molar-refractivity contribution in [1.29, 1.82) is 0 Å². The number of hydrogen-bond acceptors (Lipinski definition) is 5. The van der Waals surface area contributed by atoms with Gasteiger partial charge in [0.2, 0.25) is 11.8 Å². The number of halogens is 1. The van der Waals surface area contributed by atoms with Gasteiger partial charge in [-0.3, -0.25) is 14.4 Å². The second kappa shape index (κ2) is 8.92. The van der Waals surface area contributed by atoms with Gasteiger partial charge < -0.3 is 10.6 Å². The molecule has 2 N–H and O–H groups in total. The number of amidine groups is 1. The Hall–Kier alpha value is -2.52. The second-order valence-electron chi connectivity index (χ2n) is 5.69. The van der Waals surface area contributed by atoms with Crippen LogP contribution in [0.15, 0.2) is 58.1 Å². The Morgan fingerprint density at radius 2 is 1.96 bits per heavy atom. The molecular formula is C18H15BrN4O3S. The van der Waals surface area contributed by atoms with Crippen molar-refractivity contribution in [1.82, 2.24) is 10.3 Å². The molecule has 2 aromatic rings. The first-order chi connectivity index (χ1) is 13.0. The SMILES string of the molecule is O=C(CSC1=NC(=O)[C@@H](Cc2ccccc2)C(=O)N1)Nc1ccc(Br)cn1. The predicted molar refractivity (Wildman–Crippen MR) is 107 cm³/mol. The highest BCUT2D eigenvalue weighted by Crippen LogP contribution is 2.17. The lowest BCUT2D eigenvalue weighted by molar-refractivity contribution is -0.133. The van der Waals surface area contributed by atoms with E-state index in [-0.39, 0.29) is 16.8 Å². The average molecular weight is 447 g/mol. The van der Waals surface area contributed by atoms with Crippen LogP contribution in [0.4, 0.5) is 5.82 Å². The van der Waals surface area contributed by atoms with Crippen LogP contribution in [0.5, 0.6) is 0 Å². The summed E-state index contributed by atoms with van der Waals surface area (Å²) in [5.74, 6) is -1.66. The number of thioether (sulfide) groups is 1. The van der Waals surface area contributed by atoms with E-state index in [4.69, 9.17) is 0 Å². The fourth-order valence-corrected chi connectivity index (χ4v) is 3.27. The summed E-state index contributed by atoms with van der Waals surface area (Å²) in [5, 5.41) is 5.36. The minimum atomic E-state index is -0.849. The molecule has 0 saturated heterocycles. The Labute approximate surface area is 168 Å². The highest BCUT2D eigenvalue weighted by Gasteiger charge is 2.32. The van der Waals surface area contributed by atoms with E-state index in [0.29, 0.717) is 12.2 Å². The smallest absolute Gasteiger partial charge is 0.261 e. The van der Waals surface area contributed by atoms with Crippen molar-refractivity contribution in [2.24, 2.45) is 10.9 Å². The van der Waals surface area contributed by atoms with Gasteiger partial charge in [-0.1, -0.05) is 42.1 Å². The van der Waals surface area contributed by atoms with Gasteiger partial charge in [-0.2, -0.15) is 4.99 Å². The number of nitrogens with one attached hydrogen (secondary N) is 2. The minimum absolute atomic E-state index is 0.00646. The Kier molecular flexibility index (Phi) is 6.36. The normalized spacial score (nSPS) is 16.5. The zero-order chi connectivity index (χ0) is 19.2. The van der Waals surface area contributed by atoms with Gasteiger partial charge in [0.1, 0.15) is 11.7 Å². The highest BCUT2D eigenvalue weighted by molar-refractivity contribution is 9.10. The van der Waals surface area contributed by atoms with E-state index < -0.39 is 17.7 Å². The zero-order valence-corrected chi connectivity index (χ0v) is 16.4. The van der Waals surface area contributed by atoms with Crippen molar-refractivity contribution in [3.05, 3.63) is 58.7 Å². The van der Waals surface area contributed by atoms with E-state index >= 15 is 0 Å². The number of carbonyl (C=O) groups excluding carboxylic acids is 3. The molecule has 3 amide bonds. The first kappa shape index (κ1) is 19.2. The third kappa shape index (κ3) is 5.48. The van der Waals surface area contributed by atoms with Crippen molar-refractivity contribution in [2.45, 2.75) is 6.42 Å². The number of benzene rings is 1. The Morgan fingerprint density at radius 3 is 2.63 bits per heavy atom. The molecule has 0 saturated carbocycles. The van der Waals surface area contributed by atoms with Crippen molar-refractivity contribution >= 4 is 56.4 Å². The van der Waals surface area contributed by atoms with Gasteiger partial charge in [-0.05, 0) is 40.0 Å². The van der Waals surface area contributed by atoms with Crippen LogP contribution < -0.4 is 10.6 Å². The molecule has 1 aromatic carbocycles. The molecule has 27 heavy (non-hydrogen) atoms. The van der Waals surface area contributed by atoms with Crippen LogP contribution in [-0.4, -0.2) is 33.6 Å². The van der Waals surface area contributed by atoms with Crippen LogP contribution in [0.25, 0.3) is 0 Å². The molecule has 3 rings (SSSR count). The van der Waals surface area contributed by atoms with Gasteiger partial charge >= 0.3 is 0 Å². The molecule has 0 aliphatic carbocycles. The van der Waals surface area contributed by atoms with Gasteiger partial charge in [-0.15, -0.1) is 0 Å². The summed E-state index contributed by atoms with van der Waals surface area (Å²) in [6.07, 6.45) is 1.86. The molecule has 2 heterocycles. The number of anilines is 1. The van der Waals surface area contributed by atoms with Crippen molar-refractivity contribution < 1.29 is 14.4 Å². The predicted octanol–water partition coefficient (Wildman–Crippen LogP) is 2.39. The number of nitrogens with zero attached hydrogens (tertiary/aromatic N) is 2. The van der Waals surface area contributed by atoms with Crippen LogP contribution in [0.2, 0.25) is 0 Å². The Morgan fingerprint density at radius 1 is 1.19 bits per heavy atom. The van der Waals surface area contributed by atoms with Gasteiger partial charge in [-0.25, -0.2) is 4.98 Å². The van der Waals surface area contributed by atoms with E-state index in [2.05, 4.69) is 36.5 Å². The average Bonchev–Trinajstić information content (AvgIpc) is 2.66. The summed E-state index contributed by atoms with van der Waals surface area (Å²) in [6, 6.07) is 12.7. The number of rotatable bonds is 5. The van der Waals surface area contributed by atoms with Crippen molar-refractivity contribution in [3.63, 3.8) is 0 Å². The van der Waals surface area contributed by atoms with Gasteiger partial charge in [0.25, 0.3) is 5.91 Å². The van der Waals surface area contributed by atoms with Gasteiger partial charge in [0.05, 0.1) is 5.75 Å². The molecule has 0 bridgehead atoms. The number of aromatic nitrogens is 1. The van der Waals surface area contributed by atoms with E-state index in [1.807, 2.05) is 30.3 Å². The first-order valence-corrected chi connectivity index (χ1v) is 9.80. The van der Waals surface area contributed by atoms with Gasteiger partial charge in [0, 0.05) is 10.7 Å². The first-order valence-electron chi connectivity index (χ1n) is 8.03. The number of carbonyl (C=O) groups is 3. The van der Waals surface area contributed by atoms with E-state index in [1.54, 1.807) is 18.3 Å². The van der Waals surface area contributed by atoms with Crippen LogP contribution in [-0.2, 0) is 20.8 Å². The third-order valence-corrected chi connectivity index (χ3v) is 5.02. The summed E-state index contributed by atoms with van der Waals surface area (Å²) in [4.78, 5) is 44.4. The summed E-state index contributed by atoms with van der Waals surface area (Å²) in [7, 11) is 0. The summed E-state index contributed by atoms with van der Waals surface area (Å²) >= 11 is 4.26. The molecule has 1 atom stereocenters. The standard InChI is InChI=1S/C18H15BrN4O3S/c19-12-6-7-14(20-9-12)21-15(24)10-27-18-22-16(25)13(17(26)23-18)8-11-4-2-1-3-5-11/h1-7,9,13H,8,10H2,(H,20,21,24)(H,22,23,25,26). The zero-order valence-electron chi connectivity index (χ0n) is 14.0. The summed E-state index contributed by atoms with van der Waals surface area (Å²) < 4.78 is 0.803. The van der Waals surface area contributed by atoms with E-state index in [9.17, 15) is 14.4 Å². The molecule has 0 fully saturated rings. The molecule has 1 aliphatic rings. The van der Waals surface area contributed by atoms with Crippen LogP contribution in [0, 0.1) is 5.92 Å². The molecule has 0 spiro atoms. The molecule has 7 nitrogen and oxygen atoms in total. The Balaban J connectivity index is 1.54. The monoisotopic (exact) mass is 446 g/mol. The quantitative estimate of drug-likeness (QED) is 0.686. The highest BCUT2D eigenvalue weighted by atomic mass is 79.9. The van der Waals surface area contributed by atoms with Crippen molar-refractivity contribution in [2.75, 3.05) is 11.1 Å². The van der Waals surface area contributed by atoms with E-state index in [0.717, 1.165) is 21.8 Å². The number of hydrogen-bond donors (Lipinski definition) is 2. The molecule has 0 radical (unpaired) electrons. The maximum atomic E-state index is 12.2. The maximum Gasteiger partial charge on any atom is 0.261 e. The lowest BCUT2D eigenvalue weighted by Gasteiger charge is -2.19. The topological polar surface area (TPSA) is 101 Å². The molecule has 0 unspecified atom stereocenters. The minimum Gasteiger partial charge on any atom is -0.310 e. The van der Waals surface area contributed by atoms with Crippen LogP contribution in [0.3, 0.4) is 0 Å². The molecular weight excluding hydrogens is 432 g/mol. The lowest BCUT2D eigenvalue weighted by Crippen LogP contribution is -2.44. The lowest BCUT2D eigenvalue weighted by atomic mass is 9.97. The Bertz CT molecular complexity index is 887. The number of amides is 3. The number of pyridine rings is 1. The van der Waals surface area contributed by atoms with Crippen molar-refractivity contribution in [3.8, 4) is 0 Å². The molecule has 9 heteroatoms. The fraction of sp³-hybridized carbons (Fsp3) is 0.167. The van der Waals surface area contributed by atoms with Crippen LogP contribution in [0.1, 0.15) is 5.56 Å². The van der Waals surface area contributed by atoms with E-state index in [1.165, 1.54) is 0 Å².